The molecule has 1 aromatic carbocycles. The van der Waals surface area contributed by atoms with Crippen molar-refractivity contribution in [1.29, 1.82) is 0 Å². The van der Waals surface area contributed by atoms with Gasteiger partial charge < -0.3 is 20.0 Å². The van der Waals surface area contributed by atoms with Crippen molar-refractivity contribution in [1.82, 2.24) is 15.0 Å². The smallest absolute Gasteiger partial charge is 0.411 e. The van der Waals surface area contributed by atoms with Crippen molar-refractivity contribution in [2.75, 3.05) is 17.7 Å². The van der Waals surface area contributed by atoms with Crippen LogP contribution in [0.25, 0.3) is 11.0 Å². The van der Waals surface area contributed by atoms with Crippen LogP contribution in [0.1, 0.15) is 10.4 Å². The fraction of sp³-hybridized carbons (Fsp3) is 0.0667. The second-order valence-corrected chi connectivity index (χ2v) is 4.81. The Hall–Kier alpha value is -3.62. The standard InChI is InChI=1S/C15H13N5O4/c1-24-15(23)20-9-4-2-3-8(5-9)19-13(21)10-6-16-12-11(10)14(22)18-7-17-12/h2-7H,1H3,(H,19,21)(H,20,23)(H2,16,17,18,22). The number of hydrogen-bond donors (Lipinski definition) is 4. The van der Waals surface area contributed by atoms with Crippen molar-refractivity contribution in [3.8, 4) is 0 Å². The number of rotatable bonds is 3. The lowest BCUT2D eigenvalue weighted by Crippen LogP contribution is -2.16. The number of benzene rings is 1. The highest BCUT2D eigenvalue weighted by Gasteiger charge is 2.16. The molecule has 0 saturated carbocycles. The van der Waals surface area contributed by atoms with E-state index in [1.165, 1.54) is 19.6 Å². The highest BCUT2D eigenvalue weighted by atomic mass is 16.5. The predicted molar refractivity (Wildman–Crippen MR) is 87.1 cm³/mol. The fourth-order valence-corrected chi connectivity index (χ4v) is 2.19. The third-order valence-corrected chi connectivity index (χ3v) is 3.27. The van der Waals surface area contributed by atoms with Crippen LogP contribution in [0.2, 0.25) is 0 Å². The molecule has 9 nitrogen and oxygen atoms in total. The monoisotopic (exact) mass is 327 g/mol. The maximum absolute atomic E-state index is 12.4. The predicted octanol–water partition coefficient (Wildman–Crippen LogP) is 1.68. The van der Waals surface area contributed by atoms with Gasteiger partial charge in [0.15, 0.2) is 0 Å². The van der Waals surface area contributed by atoms with Gasteiger partial charge in [0.1, 0.15) is 5.65 Å². The van der Waals surface area contributed by atoms with Gasteiger partial charge in [-0.3, -0.25) is 14.9 Å². The Balaban J connectivity index is 1.85. The molecule has 3 rings (SSSR count). The molecule has 0 unspecified atom stereocenters. The zero-order valence-electron chi connectivity index (χ0n) is 12.5. The van der Waals surface area contributed by atoms with Crippen molar-refractivity contribution < 1.29 is 14.3 Å². The van der Waals surface area contributed by atoms with E-state index in [2.05, 4.69) is 30.3 Å². The number of carbonyl (C=O) groups excluding carboxylic acids is 2. The van der Waals surface area contributed by atoms with E-state index in [4.69, 9.17) is 0 Å². The molecule has 2 aromatic heterocycles. The number of fused-ring (bicyclic) bond motifs is 1. The van der Waals surface area contributed by atoms with Crippen LogP contribution in [0.4, 0.5) is 16.2 Å². The van der Waals surface area contributed by atoms with Crippen LogP contribution < -0.4 is 16.2 Å². The number of H-pyrrole nitrogens is 2. The quantitative estimate of drug-likeness (QED) is 0.581. The molecule has 122 valence electrons. The molecule has 0 atom stereocenters. The third kappa shape index (κ3) is 2.95. The Morgan fingerprint density at radius 2 is 1.92 bits per heavy atom. The normalized spacial score (nSPS) is 10.4. The second-order valence-electron chi connectivity index (χ2n) is 4.81. The zero-order chi connectivity index (χ0) is 17.1. The summed E-state index contributed by atoms with van der Waals surface area (Å²) < 4.78 is 4.51. The lowest BCUT2D eigenvalue weighted by molar-refractivity contribution is 0.102. The molecule has 3 aromatic rings. The number of hydrogen-bond acceptors (Lipinski definition) is 5. The fourth-order valence-electron chi connectivity index (χ4n) is 2.19. The van der Waals surface area contributed by atoms with Gasteiger partial charge in [0.05, 0.1) is 24.4 Å². The van der Waals surface area contributed by atoms with Gasteiger partial charge in [-0.05, 0) is 18.2 Å². The van der Waals surface area contributed by atoms with Gasteiger partial charge >= 0.3 is 6.09 Å². The Labute approximate surface area is 135 Å². The molecule has 24 heavy (non-hydrogen) atoms. The average molecular weight is 327 g/mol. The van der Waals surface area contributed by atoms with Gasteiger partial charge in [-0.2, -0.15) is 0 Å². The maximum atomic E-state index is 12.4. The summed E-state index contributed by atoms with van der Waals surface area (Å²) in [5, 5.41) is 5.34. The van der Waals surface area contributed by atoms with E-state index in [9.17, 15) is 14.4 Å². The Morgan fingerprint density at radius 3 is 2.67 bits per heavy atom. The van der Waals surface area contributed by atoms with Gasteiger partial charge in [0, 0.05) is 17.6 Å². The van der Waals surface area contributed by atoms with E-state index in [0.717, 1.165) is 0 Å². The molecule has 4 N–H and O–H groups in total. The molecule has 2 heterocycles. The molecule has 0 radical (unpaired) electrons. The lowest BCUT2D eigenvalue weighted by atomic mass is 10.2. The van der Waals surface area contributed by atoms with E-state index >= 15 is 0 Å². The molecule has 0 aliphatic heterocycles. The van der Waals surface area contributed by atoms with Crippen LogP contribution in [0.3, 0.4) is 0 Å². The molecular formula is C15H13N5O4. The van der Waals surface area contributed by atoms with Gasteiger partial charge in [-0.1, -0.05) is 6.07 Å². The van der Waals surface area contributed by atoms with Gasteiger partial charge in [-0.15, -0.1) is 0 Å². The summed E-state index contributed by atoms with van der Waals surface area (Å²) in [7, 11) is 1.25. The summed E-state index contributed by atoms with van der Waals surface area (Å²) in [6.45, 7) is 0. The van der Waals surface area contributed by atoms with Crippen molar-refractivity contribution in [3.63, 3.8) is 0 Å². The first-order valence-corrected chi connectivity index (χ1v) is 6.89. The van der Waals surface area contributed by atoms with E-state index in [1.54, 1.807) is 24.3 Å². The summed E-state index contributed by atoms with van der Waals surface area (Å²) in [5.41, 5.74) is 0.991. The molecule has 0 saturated heterocycles. The van der Waals surface area contributed by atoms with E-state index in [1.807, 2.05) is 0 Å². The summed E-state index contributed by atoms with van der Waals surface area (Å²) in [4.78, 5) is 44.7. The Kier molecular flexibility index (Phi) is 3.98. The molecule has 0 spiro atoms. The molecule has 9 heteroatoms. The summed E-state index contributed by atoms with van der Waals surface area (Å²) in [6.07, 6.45) is 2.05. The average Bonchev–Trinajstić information content (AvgIpc) is 3.00. The summed E-state index contributed by atoms with van der Waals surface area (Å²) in [5.74, 6) is -0.477. The number of anilines is 2. The summed E-state index contributed by atoms with van der Waals surface area (Å²) >= 11 is 0. The largest absolute Gasteiger partial charge is 0.453 e. The van der Waals surface area contributed by atoms with Gasteiger partial charge in [0.2, 0.25) is 0 Å². The highest BCUT2D eigenvalue weighted by molar-refractivity contribution is 6.12. The Morgan fingerprint density at radius 1 is 1.17 bits per heavy atom. The number of ether oxygens (including phenoxy) is 1. The van der Waals surface area contributed by atoms with E-state index in [-0.39, 0.29) is 10.9 Å². The van der Waals surface area contributed by atoms with E-state index < -0.39 is 17.6 Å². The second kappa shape index (κ2) is 6.24. The Bertz CT molecular complexity index is 975. The van der Waals surface area contributed by atoms with Crippen LogP contribution in [0.5, 0.6) is 0 Å². The molecule has 0 bridgehead atoms. The minimum atomic E-state index is -0.618. The van der Waals surface area contributed by atoms with Crippen LogP contribution in [0.15, 0.2) is 41.6 Å². The van der Waals surface area contributed by atoms with Gasteiger partial charge in [-0.25, -0.2) is 9.78 Å². The number of aromatic nitrogens is 3. The number of aromatic amines is 2. The first kappa shape index (κ1) is 15.3. The number of carbonyl (C=O) groups is 2. The molecule has 0 aliphatic carbocycles. The summed E-state index contributed by atoms with van der Waals surface area (Å²) in [6, 6.07) is 6.52. The molecule has 2 amide bonds. The lowest BCUT2D eigenvalue weighted by Gasteiger charge is -2.07. The number of methoxy groups -OCH3 is 1. The van der Waals surface area contributed by atoms with Crippen LogP contribution in [0, 0.1) is 0 Å². The van der Waals surface area contributed by atoms with Crippen molar-refractivity contribution in [2.45, 2.75) is 0 Å². The van der Waals surface area contributed by atoms with Crippen LogP contribution in [-0.4, -0.2) is 34.1 Å². The molecular weight excluding hydrogens is 314 g/mol. The first-order chi connectivity index (χ1) is 11.6. The molecule has 0 fully saturated rings. The number of nitrogens with zero attached hydrogens (tertiary/aromatic N) is 1. The minimum Gasteiger partial charge on any atom is -0.453 e. The van der Waals surface area contributed by atoms with Crippen LogP contribution >= 0.6 is 0 Å². The first-order valence-electron chi connectivity index (χ1n) is 6.89. The van der Waals surface area contributed by atoms with Crippen molar-refractivity contribution in [3.05, 3.63) is 52.7 Å². The number of amides is 2. The van der Waals surface area contributed by atoms with Crippen molar-refractivity contribution in [2.24, 2.45) is 0 Å². The van der Waals surface area contributed by atoms with Gasteiger partial charge in [0.25, 0.3) is 11.5 Å². The number of nitrogens with one attached hydrogen (secondary N) is 4. The van der Waals surface area contributed by atoms with Crippen molar-refractivity contribution >= 4 is 34.4 Å². The molecule has 0 aliphatic rings. The SMILES string of the molecule is COC(=O)Nc1cccc(NC(=O)c2c[nH]c3nc[nH]c(=O)c23)c1. The zero-order valence-corrected chi connectivity index (χ0v) is 12.5. The minimum absolute atomic E-state index is 0.172. The van der Waals surface area contributed by atoms with E-state index in [0.29, 0.717) is 17.0 Å². The maximum Gasteiger partial charge on any atom is 0.411 e. The highest BCUT2D eigenvalue weighted by Crippen LogP contribution is 2.18. The topological polar surface area (TPSA) is 129 Å². The third-order valence-electron chi connectivity index (χ3n) is 3.27. The van der Waals surface area contributed by atoms with Crippen LogP contribution in [-0.2, 0) is 4.74 Å².